The van der Waals surface area contributed by atoms with Crippen molar-refractivity contribution in [1.29, 1.82) is 0 Å². The number of nitrogens with zero attached hydrogens (tertiary/aromatic N) is 2. The first-order valence-corrected chi connectivity index (χ1v) is 15.6. The van der Waals surface area contributed by atoms with Crippen molar-refractivity contribution in [1.82, 2.24) is 14.8 Å². The van der Waals surface area contributed by atoms with Crippen LogP contribution in [0.4, 0.5) is 0 Å². The number of nitrogens with one attached hydrogen (secondary N) is 1. The van der Waals surface area contributed by atoms with E-state index in [0.717, 1.165) is 63.1 Å². The second kappa shape index (κ2) is 6.73. The van der Waals surface area contributed by atoms with Crippen LogP contribution in [0.15, 0.2) is 24.3 Å². The van der Waals surface area contributed by atoms with Gasteiger partial charge in [0.1, 0.15) is 12.2 Å². The van der Waals surface area contributed by atoms with Crippen LogP contribution in [-0.4, -0.2) is 64.3 Å². The van der Waals surface area contributed by atoms with Gasteiger partial charge in [0.15, 0.2) is 23.0 Å². The summed E-state index contributed by atoms with van der Waals surface area (Å²) in [5.74, 6) is 2.92. The van der Waals surface area contributed by atoms with Gasteiger partial charge in [-0.3, -0.25) is 0 Å². The number of piperidine rings is 2. The smallest absolute Gasteiger partial charge is 0.166 e. The Kier molecular flexibility index (Phi) is 3.68. The summed E-state index contributed by atoms with van der Waals surface area (Å²) in [6.07, 6.45) is 5.98. The number of likely N-dealkylation sites (N-methyl/N-ethyl adjacent to an activating group) is 2. The van der Waals surface area contributed by atoms with Crippen molar-refractivity contribution in [3.63, 3.8) is 0 Å². The van der Waals surface area contributed by atoms with Crippen LogP contribution in [0.2, 0.25) is 0 Å². The SMILES string of the molecule is CN1CC[C@]23c4c5ccc(O)c4O[C@H]2c2[nH]c4c(c2C[C@H]3C1C5)C[C@H]1[C@H]2Cc3ccc(O)c5c3[C@@]1(CCN2C)[C@H]4O5. The molecule has 5 heterocycles. The van der Waals surface area contributed by atoms with Crippen molar-refractivity contribution >= 4 is 0 Å². The Balaban J connectivity index is 1.15. The Labute approximate surface area is 239 Å². The molecule has 7 heteroatoms. The lowest BCUT2D eigenvalue weighted by atomic mass is 9.50. The largest absolute Gasteiger partial charge is 0.504 e. The lowest BCUT2D eigenvalue weighted by Crippen LogP contribution is -2.62. The predicted octanol–water partition coefficient (Wildman–Crippen LogP) is 4.03. The van der Waals surface area contributed by atoms with E-state index in [2.05, 4.69) is 41.0 Å². The first-order chi connectivity index (χ1) is 19.9. The molecule has 8 aliphatic rings. The lowest BCUT2D eigenvalue weighted by molar-refractivity contribution is -0.0266. The second-order valence-electron chi connectivity index (χ2n) is 14.5. The van der Waals surface area contributed by atoms with E-state index >= 15 is 0 Å². The minimum absolute atomic E-state index is 0.106. The van der Waals surface area contributed by atoms with Crippen LogP contribution in [0.3, 0.4) is 0 Å². The van der Waals surface area contributed by atoms with Gasteiger partial charge in [-0.15, -0.1) is 0 Å². The highest BCUT2D eigenvalue weighted by Gasteiger charge is 2.68. The summed E-state index contributed by atoms with van der Waals surface area (Å²) < 4.78 is 13.8. The first kappa shape index (κ1) is 22.4. The molecule has 3 aromatic rings. The van der Waals surface area contributed by atoms with E-state index in [4.69, 9.17) is 9.47 Å². The Morgan fingerprint density at radius 3 is 1.63 bits per heavy atom. The third kappa shape index (κ3) is 2.19. The zero-order chi connectivity index (χ0) is 27.2. The number of likely N-dealkylation sites (tertiary alicyclic amines) is 2. The molecule has 0 radical (unpaired) electrons. The van der Waals surface area contributed by atoms with Crippen molar-refractivity contribution < 1.29 is 19.7 Å². The Morgan fingerprint density at radius 1 is 0.707 bits per heavy atom. The summed E-state index contributed by atoms with van der Waals surface area (Å²) in [5, 5.41) is 22.0. The van der Waals surface area contributed by atoms with E-state index in [0.29, 0.717) is 23.9 Å². The number of aromatic hydroxyl groups is 2. The molecule has 41 heavy (non-hydrogen) atoms. The molecule has 4 aliphatic heterocycles. The number of hydrogen-bond donors (Lipinski definition) is 3. The third-order valence-corrected chi connectivity index (χ3v) is 13.4. The predicted molar refractivity (Wildman–Crippen MR) is 151 cm³/mol. The van der Waals surface area contributed by atoms with Gasteiger partial charge in [-0.05, 0) is 112 Å². The molecule has 2 aromatic carbocycles. The number of H-pyrrole nitrogens is 1. The average molecular weight is 550 g/mol. The van der Waals surface area contributed by atoms with E-state index < -0.39 is 0 Å². The third-order valence-electron chi connectivity index (χ3n) is 13.4. The van der Waals surface area contributed by atoms with E-state index in [1.165, 1.54) is 44.8 Å². The van der Waals surface area contributed by atoms with Crippen molar-refractivity contribution in [3.8, 4) is 23.0 Å². The molecule has 4 aliphatic carbocycles. The van der Waals surface area contributed by atoms with Gasteiger partial charge in [0.25, 0.3) is 0 Å². The summed E-state index contributed by atoms with van der Waals surface area (Å²) in [4.78, 5) is 9.18. The topological polar surface area (TPSA) is 81.2 Å². The second-order valence-corrected chi connectivity index (χ2v) is 14.5. The first-order valence-electron chi connectivity index (χ1n) is 15.6. The number of benzene rings is 2. The molecule has 3 N–H and O–H groups in total. The Morgan fingerprint density at radius 2 is 1.17 bits per heavy atom. The summed E-state index contributed by atoms with van der Waals surface area (Å²) in [6, 6.07) is 8.91. The van der Waals surface area contributed by atoms with Gasteiger partial charge in [0, 0.05) is 34.0 Å². The lowest BCUT2D eigenvalue weighted by Gasteiger charge is -2.58. The molecule has 7 nitrogen and oxygen atoms in total. The van der Waals surface area contributed by atoms with E-state index in [9.17, 15) is 10.2 Å². The molecular formula is C34H35N3O4. The van der Waals surface area contributed by atoms with Crippen molar-refractivity contribution in [2.45, 2.75) is 73.6 Å². The minimum atomic E-state index is -0.116. The van der Waals surface area contributed by atoms with E-state index in [-0.39, 0.29) is 34.5 Å². The number of phenolic OH excluding ortho intramolecular Hbond substituents is 2. The molecule has 0 amide bonds. The highest BCUT2D eigenvalue weighted by molar-refractivity contribution is 5.66. The number of phenols is 2. The van der Waals surface area contributed by atoms with Crippen molar-refractivity contribution in [3.05, 3.63) is 69.0 Å². The fraction of sp³-hybridized carbons (Fsp3) is 0.529. The number of fused-ring (bicyclic) bond motifs is 5. The van der Waals surface area contributed by atoms with Gasteiger partial charge < -0.3 is 34.5 Å². The number of aromatic amines is 1. The van der Waals surface area contributed by atoms with Crippen molar-refractivity contribution in [2.75, 3.05) is 27.2 Å². The van der Waals surface area contributed by atoms with Crippen LogP contribution < -0.4 is 9.47 Å². The molecule has 2 spiro atoms. The molecule has 8 atom stereocenters. The fourth-order valence-electron chi connectivity index (χ4n) is 11.8. The Hall–Kier alpha value is -3.16. The fourth-order valence-corrected chi connectivity index (χ4v) is 11.8. The average Bonchev–Trinajstić information content (AvgIpc) is 3.62. The number of ether oxygens (including phenoxy) is 2. The van der Waals surface area contributed by atoms with Crippen LogP contribution in [0, 0.1) is 11.8 Å². The number of hydrogen-bond acceptors (Lipinski definition) is 6. The summed E-state index contributed by atoms with van der Waals surface area (Å²) in [6.45, 7) is 2.10. The van der Waals surface area contributed by atoms with Crippen molar-refractivity contribution in [2.24, 2.45) is 11.8 Å². The molecular weight excluding hydrogens is 514 g/mol. The molecule has 210 valence electrons. The van der Waals surface area contributed by atoms with Crippen LogP contribution >= 0.6 is 0 Å². The maximum absolute atomic E-state index is 11.0. The monoisotopic (exact) mass is 549 g/mol. The highest BCUT2D eigenvalue weighted by Crippen LogP contribution is 2.71. The van der Waals surface area contributed by atoms with Gasteiger partial charge in [-0.1, -0.05) is 12.1 Å². The molecule has 4 bridgehead atoms. The maximum atomic E-state index is 11.0. The van der Waals surface area contributed by atoms with Crippen LogP contribution in [0.5, 0.6) is 23.0 Å². The summed E-state index contributed by atoms with van der Waals surface area (Å²) in [7, 11) is 4.60. The molecule has 0 saturated carbocycles. The molecule has 1 unspecified atom stereocenters. The number of aromatic nitrogens is 1. The standard InChI is InChI=1S/C34H35N3O4/c1-36-9-7-33-19-13-17-18-14-20-22-12-16-4-6-24(39)30-26(16)34(20,8-10-37(22)2)32(41-30)28(18)35-27(17)31(33)40-29-23(38)5-3-15(25(29)33)11-21(19)36/h3-6,19-22,31-32,35,38-39H,7-14H2,1-2H3/t19-,20-,21+,22?,31-,32-,33-,34-/m0/s1. The summed E-state index contributed by atoms with van der Waals surface area (Å²) >= 11 is 0. The molecule has 2 fully saturated rings. The minimum Gasteiger partial charge on any atom is -0.504 e. The maximum Gasteiger partial charge on any atom is 0.166 e. The quantitative estimate of drug-likeness (QED) is 0.393. The zero-order valence-corrected chi connectivity index (χ0v) is 23.5. The van der Waals surface area contributed by atoms with E-state index in [1.54, 1.807) is 0 Å². The molecule has 1 aromatic heterocycles. The van der Waals surface area contributed by atoms with Crippen LogP contribution in [0.25, 0.3) is 0 Å². The van der Waals surface area contributed by atoms with E-state index in [1.807, 2.05) is 12.1 Å². The van der Waals surface area contributed by atoms with Gasteiger partial charge in [0.2, 0.25) is 0 Å². The van der Waals surface area contributed by atoms with Gasteiger partial charge >= 0.3 is 0 Å². The summed E-state index contributed by atoms with van der Waals surface area (Å²) in [5.41, 5.74) is 10.4. The molecule has 2 saturated heterocycles. The van der Waals surface area contributed by atoms with Gasteiger partial charge in [-0.2, -0.15) is 0 Å². The Bertz CT molecular complexity index is 1620. The van der Waals surface area contributed by atoms with Crippen LogP contribution in [0.1, 0.15) is 69.8 Å². The zero-order valence-electron chi connectivity index (χ0n) is 23.5. The number of rotatable bonds is 0. The highest BCUT2D eigenvalue weighted by atomic mass is 16.5. The van der Waals surface area contributed by atoms with Gasteiger partial charge in [0.05, 0.1) is 11.4 Å². The normalized spacial score (nSPS) is 39.8. The van der Waals surface area contributed by atoms with Gasteiger partial charge in [-0.25, -0.2) is 0 Å². The molecule has 11 rings (SSSR count). The van der Waals surface area contributed by atoms with Crippen LogP contribution in [-0.2, 0) is 36.5 Å².